The number of hydrogen-bond acceptors (Lipinski definition) is 8. The molecular formula is C20H25N4O6PS. The quantitative estimate of drug-likeness (QED) is 0.233. The molecule has 1 unspecified atom stereocenters. The average molecular weight is 480 g/mol. The molecule has 0 aromatic heterocycles. The van der Waals surface area contributed by atoms with E-state index in [9.17, 15) is 19.0 Å². The molecule has 2 aromatic carbocycles. The van der Waals surface area contributed by atoms with Crippen LogP contribution in [0.15, 0.2) is 58.8 Å². The number of aliphatic carboxylic acids is 1. The number of carbonyl (C=O) groups excluding carboxylic acids is 1. The van der Waals surface area contributed by atoms with Gasteiger partial charge in [0, 0.05) is 37.6 Å². The number of anilines is 1. The maximum atomic E-state index is 12.2. The number of rotatable bonds is 12. The minimum Gasteiger partial charge on any atom is -0.481 e. The van der Waals surface area contributed by atoms with E-state index in [4.69, 9.17) is 9.63 Å². The van der Waals surface area contributed by atoms with Gasteiger partial charge in [-0.05, 0) is 59.9 Å². The van der Waals surface area contributed by atoms with E-state index in [0.29, 0.717) is 28.3 Å². The Balaban J connectivity index is 1.78. The van der Waals surface area contributed by atoms with Crippen LogP contribution in [-0.4, -0.2) is 54.9 Å². The van der Waals surface area contributed by atoms with Crippen molar-refractivity contribution in [2.45, 2.75) is 6.42 Å². The average Bonchev–Trinajstić information content (AvgIpc) is 2.75. The second kappa shape index (κ2) is 12.4. The van der Waals surface area contributed by atoms with Crippen LogP contribution in [-0.2, 0) is 13.9 Å². The summed E-state index contributed by atoms with van der Waals surface area (Å²) in [6, 6.07) is 14.1. The van der Waals surface area contributed by atoms with Crippen molar-refractivity contribution in [3.8, 4) is 0 Å². The topological polar surface area (TPSA) is 141 Å². The van der Waals surface area contributed by atoms with Crippen LogP contribution < -0.4 is 10.2 Å². The molecule has 12 heteroatoms. The number of carboxylic acid groups (broad SMARTS) is 1. The summed E-state index contributed by atoms with van der Waals surface area (Å²) in [6.45, 7) is -4.11. The standard InChI is InChI=1S/C20H25N4O6PS/c1-24(2)18-9-7-17(8-10-18)23-22-16-5-3-15(4-6-16)20(27)21-12-13-30-31(28,29)32-14-11-19(25)26/h3-10H,11-14H2,1-2H3,(H,21,27)(H,25,26)(H,28,29). The van der Waals surface area contributed by atoms with E-state index in [2.05, 4.69) is 15.5 Å². The zero-order valence-corrected chi connectivity index (χ0v) is 19.4. The number of carboxylic acids is 1. The van der Waals surface area contributed by atoms with E-state index in [1.807, 2.05) is 43.3 Å². The highest BCUT2D eigenvalue weighted by Gasteiger charge is 2.20. The van der Waals surface area contributed by atoms with E-state index in [-0.39, 0.29) is 31.2 Å². The van der Waals surface area contributed by atoms with Gasteiger partial charge in [0.1, 0.15) is 0 Å². The zero-order valence-electron chi connectivity index (χ0n) is 17.7. The Morgan fingerprint density at radius 3 is 2.16 bits per heavy atom. The lowest BCUT2D eigenvalue weighted by molar-refractivity contribution is -0.136. The number of amides is 1. The molecule has 0 aliphatic heterocycles. The number of hydrogen-bond donors (Lipinski definition) is 3. The zero-order chi connectivity index (χ0) is 23.6. The Bertz CT molecular complexity index is 983. The summed E-state index contributed by atoms with van der Waals surface area (Å²) in [7, 11) is 3.91. The van der Waals surface area contributed by atoms with Crippen LogP contribution in [0.5, 0.6) is 0 Å². The first kappa shape index (κ1) is 25.5. The largest absolute Gasteiger partial charge is 0.481 e. The molecule has 0 spiro atoms. The van der Waals surface area contributed by atoms with Gasteiger partial charge in [0.15, 0.2) is 0 Å². The molecule has 3 N–H and O–H groups in total. The lowest BCUT2D eigenvalue weighted by Gasteiger charge is -2.11. The molecular weight excluding hydrogens is 455 g/mol. The van der Waals surface area contributed by atoms with Gasteiger partial charge < -0.3 is 20.2 Å². The van der Waals surface area contributed by atoms with Gasteiger partial charge in [-0.15, -0.1) is 0 Å². The van der Waals surface area contributed by atoms with Gasteiger partial charge in [0.25, 0.3) is 5.91 Å². The Kier molecular flexibility index (Phi) is 9.86. The molecule has 0 saturated heterocycles. The summed E-state index contributed by atoms with van der Waals surface area (Å²) in [6.07, 6.45) is -0.242. The summed E-state index contributed by atoms with van der Waals surface area (Å²) in [4.78, 5) is 34.2. The third-order valence-electron chi connectivity index (χ3n) is 3.99. The molecule has 0 bridgehead atoms. The van der Waals surface area contributed by atoms with Crippen LogP contribution >= 0.6 is 18.2 Å². The highest BCUT2D eigenvalue weighted by Crippen LogP contribution is 2.55. The predicted octanol–water partition coefficient (Wildman–Crippen LogP) is 4.22. The summed E-state index contributed by atoms with van der Waals surface area (Å²) >= 11 is 0.543. The van der Waals surface area contributed by atoms with Crippen molar-refractivity contribution < 1.29 is 28.7 Å². The number of benzene rings is 2. The van der Waals surface area contributed by atoms with Crippen LogP contribution in [0.1, 0.15) is 16.8 Å². The summed E-state index contributed by atoms with van der Waals surface area (Å²) < 4.78 is 16.6. The van der Waals surface area contributed by atoms with Crippen molar-refractivity contribution >= 4 is 47.1 Å². The molecule has 0 aliphatic carbocycles. The van der Waals surface area contributed by atoms with E-state index < -0.39 is 12.8 Å². The maximum Gasteiger partial charge on any atom is 0.386 e. The summed E-state index contributed by atoms with van der Waals surface area (Å²) in [5, 5.41) is 19.4. The highest BCUT2D eigenvalue weighted by atomic mass is 32.7. The van der Waals surface area contributed by atoms with Gasteiger partial charge in [-0.25, -0.2) is 4.57 Å². The van der Waals surface area contributed by atoms with Crippen LogP contribution in [0.2, 0.25) is 0 Å². The van der Waals surface area contributed by atoms with Crippen molar-refractivity contribution in [1.29, 1.82) is 0 Å². The number of nitrogens with zero attached hydrogens (tertiary/aromatic N) is 3. The van der Waals surface area contributed by atoms with E-state index in [0.717, 1.165) is 5.69 Å². The van der Waals surface area contributed by atoms with Gasteiger partial charge in [0.2, 0.25) is 0 Å². The highest BCUT2D eigenvalue weighted by molar-refractivity contribution is 8.54. The number of carbonyl (C=O) groups is 2. The third kappa shape index (κ3) is 9.19. The monoisotopic (exact) mass is 480 g/mol. The first-order valence-electron chi connectivity index (χ1n) is 9.57. The van der Waals surface area contributed by atoms with Gasteiger partial charge in [0.05, 0.1) is 24.4 Å². The lowest BCUT2D eigenvalue weighted by atomic mass is 10.2. The molecule has 0 heterocycles. The van der Waals surface area contributed by atoms with E-state index in [1.54, 1.807) is 24.3 Å². The first-order valence-corrected chi connectivity index (χ1v) is 12.7. The molecule has 0 fully saturated rings. The molecule has 0 aliphatic rings. The molecule has 1 amide bonds. The number of nitrogens with one attached hydrogen (secondary N) is 1. The van der Waals surface area contributed by atoms with Crippen LogP contribution in [0.3, 0.4) is 0 Å². The second-order valence-electron chi connectivity index (χ2n) is 6.69. The van der Waals surface area contributed by atoms with Crippen LogP contribution in [0.4, 0.5) is 17.1 Å². The first-order chi connectivity index (χ1) is 15.2. The van der Waals surface area contributed by atoms with Gasteiger partial charge >= 0.3 is 12.8 Å². The molecule has 10 nitrogen and oxygen atoms in total. The molecule has 0 radical (unpaired) electrons. The summed E-state index contributed by atoms with van der Waals surface area (Å²) in [5.41, 5.74) is 2.74. The number of azo groups is 1. The van der Waals surface area contributed by atoms with Crippen molar-refractivity contribution in [2.75, 3.05) is 37.9 Å². The fourth-order valence-electron chi connectivity index (χ4n) is 2.33. The lowest BCUT2D eigenvalue weighted by Crippen LogP contribution is -2.26. The fraction of sp³-hybridized carbons (Fsp3) is 0.300. The van der Waals surface area contributed by atoms with Crippen LogP contribution in [0.25, 0.3) is 0 Å². The van der Waals surface area contributed by atoms with Crippen LogP contribution in [0, 0.1) is 0 Å². The minimum absolute atomic E-state index is 0.0211. The molecule has 172 valence electrons. The fourth-order valence-corrected chi connectivity index (χ4v) is 4.63. The molecule has 2 rings (SSSR count). The third-order valence-corrected chi connectivity index (χ3v) is 7.05. The molecule has 2 aromatic rings. The molecule has 32 heavy (non-hydrogen) atoms. The Morgan fingerprint density at radius 2 is 1.62 bits per heavy atom. The van der Waals surface area contributed by atoms with Crippen molar-refractivity contribution in [3.63, 3.8) is 0 Å². The van der Waals surface area contributed by atoms with E-state index >= 15 is 0 Å². The van der Waals surface area contributed by atoms with Crippen molar-refractivity contribution in [1.82, 2.24) is 5.32 Å². The Morgan fingerprint density at radius 1 is 1.06 bits per heavy atom. The Labute approximate surface area is 190 Å². The second-order valence-corrected chi connectivity index (χ2v) is 10.7. The SMILES string of the molecule is CN(C)c1ccc(N=Nc2ccc(C(=O)NCCOP(=O)(O)SCCC(=O)O)cc2)cc1. The molecule has 0 saturated carbocycles. The van der Waals surface area contributed by atoms with Gasteiger partial charge in [-0.2, -0.15) is 10.2 Å². The smallest absolute Gasteiger partial charge is 0.386 e. The van der Waals surface area contributed by atoms with E-state index in [1.165, 1.54) is 0 Å². The maximum absolute atomic E-state index is 12.2. The predicted molar refractivity (Wildman–Crippen MR) is 124 cm³/mol. The normalized spacial score (nSPS) is 13.0. The minimum atomic E-state index is -3.95. The molecule has 1 atom stereocenters. The van der Waals surface area contributed by atoms with Crippen molar-refractivity contribution in [3.05, 3.63) is 54.1 Å². The van der Waals surface area contributed by atoms with Crippen molar-refractivity contribution in [2.24, 2.45) is 10.2 Å². The van der Waals surface area contributed by atoms with Gasteiger partial charge in [-0.3, -0.25) is 14.1 Å². The van der Waals surface area contributed by atoms with Gasteiger partial charge in [-0.1, -0.05) is 0 Å². The Hall–Kier alpha value is -2.72. The summed E-state index contributed by atoms with van der Waals surface area (Å²) in [5.74, 6) is -1.47.